The summed E-state index contributed by atoms with van der Waals surface area (Å²) in [6.45, 7) is 0.714. The van der Waals surface area contributed by atoms with E-state index in [0.717, 1.165) is 0 Å². The van der Waals surface area contributed by atoms with Crippen molar-refractivity contribution in [3.8, 4) is 12.3 Å². The summed E-state index contributed by atoms with van der Waals surface area (Å²) in [5.41, 5.74) is 5.67. The van der Waals surface area contributed by atoms with Crippen molar-refractivity contribution in [2.24, 2.45) is 5.73 Å². The van der Waals surface area contributed by atoms with Gasteiger partial charge in [0.15, 0.2) is 0 Å². The maximum absolute atomic E-state index is 11.7. The Hall–Kier alpha value is -0.660. The molecule has 0 heterocycles. The van der Waals surface area contributed by atoms with E-state index in [4.69, 9.17) is 12.2 Å². The summed E-state index contributed by atoms with van der Waals surface area (Å²) in [5.74, 6) is 2.30. The molecule has 0 radical (unpaired) electrons. The van der Waals surface area contributed by atoms with Crippen molar-refractivity contribution in [3.63, 3.8) is 0 Å². The van der Waals surface area contributed by atoms with Crippen molar-refractivity contribution in [3.05, 3.63) is 0 Å². The van der Waals surface area contributed by atoms with Gasteiger partial charge in [-0.05, 0) is 19.1 Å². The largest absolute Gasteiger partial charge is 0.353 e. The van der Waals surface area contributed by atoms with Gasteiger partial charge in [-0.25, -0.2) is 0 Å². The zero-order valence-electron chi connectivity index (χ0n) is 10.5. The normalized spacial score (nSPS) is 20.3. The van der Waals surface area contributed by atoms with Gasteiger partial charge in [-0.1, -0.05) is 19.3 Å². The second-order valence-corrected chi connectivity index (χ2v) is 5.95. The van der Waals surface area contributed by atoms with E-state index in [1.165, 1.54) is 32.1 Å². The summed E-state index contributed by atoms with van der Waals surface area (Å²) in [6.07, 6.45) is 13.8. The van der Waals surface area contributed by atoms with Crippen molar-refractivity contribution in [2.75, 3.05) is 12.8 Å². The van der Waals surface area contributed by atoms with Gasteiger partial charge >= 0.3 is 0 Å². The highest BCUT2D eigenvalue weighted by Crippen LogP contribution is 2.37. The minimum atomic E-state index is -0.567. The molecule has 1 fully saturated rings. The SMILES string of the molecule is C#CCC(N)C(=O)NCC1(SC)CCCCC1. The van der Waals surface area contributed by atoms with Crippen LogP contribution in [0.15, 0.2) is 0 Å². The average Bonchev–Trinajstić information content (AvgIpc) is 2.37. The highest BCUT2D eigenvalue weighted by Gasteiger charge is 2.31. The van der Waals surface area contributed by atoms with Crippen LogP contribution in [0.1, 0.15) is 38.5 Å². The molecule has 0 bridgehead atoms. The molecular formula is C13H22N2OS. The van der Waals surface area contributed by atoms with Gasteiger partial charge in [-0.2, -0.15) is 11.8 Å². The Balaban J connectivity index is 2.42. The zero-order valence-corrected chi connectivity index (χ0v) is 11.3. The zero-order chi connectivity index (χ0) is 12.7. The fourth-order valence-corrected chi connectivity index (χ4v) is 3.16. The number of nitrogens with one attached hydrogen (secondary N) is 1. The highest BCUT2D eigenvalue weighted by molar-refractivity contribution is 8.00. The van der Waals surface area contributed by atoms with Crippen LogP contribution in [-0.2, 0) is 4.79 Å². The molecule has 1 atom stereocenters. The van der Waals surface area contributed by atoms with Crippen LogP contribution in [-0.4, -0.2) is 29.5 Å². The molecule has 1 aliphatic carbocycles. The third-order valence-corrected chi connectivity index (χ3v) is 4.88. The number of carbonyl (C=O) groups is 1. The third-order valence-electron chi connectivity index (χ3n) is 3.46. The Labute approximate surface area is 108 Å². The number of carbonyl (C=O) groups excluding carboxylic acids is 1. The summed E-state index contributed by atoms with van der Waals surface area (Å²) in [6, 6.07) is -0.567. The molecule has 1 saturated carbocycles. The molecule has 17 heavy (non-hydrogen) atoms. The molecule has 1 aliphatic rings. The number of rotatable bonds is 5. The Kier molecular flexibility index (Phi) is 5.87. The molecule has 96 valence electrons. The average molecular weight is 254 g/mol. The smallest absolute Gasteiger partial charge is 0.237 e. The van der Waals surface area contributed by atoms with Crippen LogP contribution in [0, 0.1) is 12.3 Å². The van der Waals surface area contributed by atoms with E-state index >= 15 is 0 Å². The molecule has 3 nitrogen and oxygen atoms in total. The molecule has 1 rings (SSSR count). The number of thioether (sulfide) groups is 1. The molecule has 0 aromatic rings. The van der Waals surface area contributed by atoms with Crippen molar-refractivity contribution in [2.45, 2.75) is 49.3 Å². The van der Waals surface area contributed by atoms with Gasteiger partial charge < -0.3 is 11.1 Å². The van der Waals surface area contributed by atoms with E-state index in [1.54, 1.807) is 0 Å². The first-order valence-electron chi connectivity index (χ1n) is 6.15. The summed E-state index contributed by atoms with van der Waals surface area (Å²) in [7, 11) is 0. The topological polar surface area (TPSA) is 55.1 Å². The lowest BCUT2D eigenvalue weighted by atomic mass is 9.88. The van der Waals surface area contributed by atoms with Crippen molar-refractivity contribution in [1.29, 1.82) is 0 Å². The number of terminal acetylenes is 1. The summed E-state index contributed by atoms with van der Waals surface area (Å²) in [4.78, 5) is 11.7. The Bertz CT molecular complexity index is 292. The van der Waals surface area contributed by atoms with Gasteiger partial charge in [-0.3, -0.25) is 4.79 Å². The van der Waals surface area contributed by atoms with E-state index in [9.17, 15) is 4.79 Å². The van der Waals surface area contributed by atoms with Crippen molar-refractivity contribution < 1.29 is 4.79 Å². The van der Waals surface area contributed by atoms with Crippen LogP contribution in [0.25, 0.3) is 0 Å². The highest BCUT2D eigenvalue weighted by atomic mass is 32.2. The number of nitrogens with two attached hydrogens (primary N) is 1. The summed E-state index contributed by atoms with van der Waals surface area (Å²) in [5, 5.41) is 2.95. The standard InChI is InChI=1S/C13H22N2OS/c1-3-7-11(14)12(16)15-10-13(17-2)8-5-4-6-9-13/h1,11H,4-10,14H2,2H3,(H,15,16). The number of hydrogen-bond donors (Lipinski definition) is 2. The van der Waals surface area contributed by atoms with Crippen LogP contribution >= 0.6 is 11.8 Å². The second-order valence-electron chi connectivity index (χ2n) is 4.68. The molecule has 0 aliphatic heterocycles. The van der Waals surface area contributed by atoms with Gasteiger partial charge in [0.05, 0.1) is 6.04 Å². The van der Waals surface area contributed by atoms with Crippen molar-refractivity contribution in [1.82, 2.24) is 5.32 Å². The van der Waals surface area contributed by atoms with Gasteiger partial charge in [0.2, 0.25) is 5.91 Å². The lowest BCUT2D eigenvalue weighted by Gasteiger charge is -2.36. The van der Waals surface area contributed by atoms with Crippen LogP contribution in [0.5, 0.6) is 0 Å². The quantitative estimate of drug-likeness (QED) is 0.731. The fourth-order valence-electron chi connectivity index (χ4n) is 2.25. The summed E-state index contributed by atoms with van der Waals surface area (Å²) < 4.78 is 0.212. The first-order chi connectivity index (χ1) is 8.13. The number of hydrogen-bond acceptors (Lipinski definition) is 3. The molecule has 0 saturated heterocycles. The molecule has 1 amide bonds. The van der Waals surface area contributed by atoms with E-state index in [0.29, 0.717) is 13.0 Å². The van der Waals surface area contributed by atoms with E-state index in [1.807, 2.05) is 11.8 Å². The molecule has 0 spiro atoms. The summed E-state index contributed by atoms with van der Waals surface area (Å²) >= 11 is 1.86. The molecular weight excluding hydrogens is 232 g/mol. The molecule has 1 unspecified atom stereocenters. The molecule has 3 N–H and O–H groups in total. The van der Waals surface area contributed by atoms with Gasteiger partial charge in [0.25, 0.3) is 0 Å². The predicted octanol–water partition coefficient (Wildman–Crippen LogP) is 1.52. The van der Waals surface area contributed by atoms with E-state index in [-0.39, 0.29) is 10.7 Å². The third kappa shape index (κ3) is 4.25. The molecule has 4 heteroatoms. The van der Waals surface area contributed by atoms with Crippen LogP contribution < -0.4 is 11.1 Å². The second kappa shape index (κ2) is 6.93. The Morgan fingerprint density at radius 3 is 2.71 bits per heavy atom. The van der Waals surface area contributed by atoms with Gasteiger partial charge in [-0.15, -0.1) is 12.3 Å². The first kappa shape index (κ1) is 14.4. The van der Waals surface area contributed by atoms with Crippen molar-refractivity contribution >= 4 is 17.7 Å². The maximum Gasteiger partial charge on any atom is 0.237 e. The monoisotopic (exact) mass is 254 g/mol. The fraction of sp³-hybridized carbons (Fsp3) is 0.769. The van der Waals surface area contributed by atoms with Gasteiger partial charge in [0.1, 0.15) is 0 Å². The van der Waals surface area contributed by atoms with Crippen LogP contribution in [0.2, 0.25) is 0 Å². The lowest BCUT2D eigenvalue weighted by Crippen LogP contribution is -2.47. The minimum absolute atomic E-state index is 0.123. The predicted molar refractivity (Wildman–Crippen MR) is 73.8 cm³/mol. The first-order valence-corrected chi connectivity index (χ1v) is 7.38. The van der Waals surface area contributed by atoms with Crippen LogP contribution in [0.4, 0.5) is 0 Å². The van der Waals surface area contributed by atoms with Crippen LogP contribution in [0.3, 0.4) is 0 Å². The molecule has 0 aromatic heterocycles. The minimum Gasteiger partial charge on any atom is -0.353 e. The maximum atomic E-state index is 11.7. The van der Waals surface area contributed by atoms with E-state index in [2.05, 4.69) is 17.5 Å². The lowest BCUT2D eigenvalue weighted by molar-refractivity contribution is -0.122. The van der Waals surface area contributed by atoms with E-state index < -0.39 is 6.04 Å². The Morgan fingerprint density at radius 2 is 2.18 bits per heavy atom. The van der Waals surface area contributed by atoms with Gasteiger partial charge in [0, 0.05) is 17.7 Å². The number of amides is 1. The Morgan fingerprint density at radius 1 is 1.53 bits per heavy atom. The molecule has 0 aromatic carbocycles.